The maximum absolute atomic E-state index is 12.5. The summed E-state index contributed by atoms with van der Waals surface area (Å²) in [6.07, 6.45) is 3.20. The Hall–Kier alpha value is -1.11. The zero-order chi connectivity index (χ0) is 14.3. The third-order valence-corrected chi connectivity index (χ3v) is 5.31. The summed E-state index contributed by atoms with van der Waals surface area (Å²) in [5, 5.41) is 0. The molecule has 1 aliphatic heterocycles. The van der Waals surface area contributed by atoms with Gasteiger partial charge < -0.3 is 10.5 Å². The lowest BCUT2D eigenvalue weighted by Gasteiger charge is -2.13. The van der Waals surface area contributed by atoms with Crippen molar-refractivity contribution in [1.82, 2.24) is 4.72 Å². The van der Waals surface area contributed by atoms with Crippen LogP contribution in [0.3, 0.4) is 0 Å². The lowest BCUT2D eigenvalue weighted by molar-refractivity contribution is 0.236. The number of hydrogen-bond donors (Lipinski definition) is 2. The lowest BCUT2D eigenvalue weighted by Crippen LogP contribution is -2.27. The van der Waals surface area contributed by atoms with Crippen LogP contribution in [0.5, 0.6) is 5.75 Å². The fourth-order valence-corrected chi connectivity index (χ4v) is 4.01. The molecule has 1 aliphatic carbocycles. The summed E-state index contributed by atoms with van der Waals surface area (Å²) in [5.74, 6) is 0.491. The van der Waals surface area contributed by atoms with Crippen LogP contribution >= 0.6 is 0 Å². The van der Waals surface area contributed by atoms with Crippen LogP contribution in [-0.4, -0.2) is 27.1 Å². The largest absolute Gasteiger partial charge is 0.487 e. The van der Waals surface area contributed by atoms with Gasteiger partial charge in [-0.3, -0.25) is 0 Å². The van der Waals surface area contributed by atoms with Gasteiger partial charge in [0.25, 0.3) is 0 Å². The minimum absolute atomic E-state index is 0.0904. The number of nitrogens with two attached hydrogens (primary N) is 1. The van der Waals surface area contributed by atoms with Gasteiger partial charge in [-0.15, -0.1) is 0 Å². The molecule has 1 aromatic rings. The van der Waals surface area contributed by atoms with Crippen LogP contribution in [0.15, 0.2) is 17.0 Å². The molecule has 2 aliphatic rings. The fourth-order valence-electron chi connectivity index (χ4n) is 2.48. The summed E-state index contributed by atoms with van der Waals surface area (Å²) in [5.41, 5.74) is 7.61. The lowest BCUT2D eigenvalue weighted by atomic mass is 10.1. The molecule has 3 N–H and O–H groups in total. The molecule has 1 fully saturated rings. The topological polar surface area (TPSA) is 81.4 Å². The minimum atomic E-state index is -3.50. The van der Waals surface area contributed by atoms with Gasteiger partial charge in [-0.1, -0.05) is 13.0 Å². The van der Waals surface area contributed by atoms with E-state index in [2.05, 4.69) is 4.72 Å². The number of fused-ring (bicyclic) bond motifs is 1. The van der Waals surface area contributed by atoms with Crippen LogP contribution in [0, 0.1) is 0 Å². The molecule has 0 amide bonds. The first kappa shape index (κ1) is 13.9. The van der Waals surface area contributed by atoms with Crippen LogP contribution in [0.4, 0.5) is 0 Å². The number of benzene rings is 1. The number of sulfonamides is 1. The first-order valence-electron chi connectivity index (χ1n) is 7.08. The van der Waals surface area contributed by atoms with Gasteiger partial charge in [-0.05, 0) is 36.5 Å². The first-order valence-corrected chi connectivity index (χ1v) is 8.56. The molecule has 0 radical (unpaired) electrons. The normalized spacial score (nSPS) is 21.6. The van der Waals surface area contributed by atoms with Crippen molar-refractivity contribution in [2.24, 2.45) is 5.73 Å². The minimum Gasteiger partial charge on any atom is -0.487 e. The highest BCUT2D eigenvalue weighted by atomic mass is 32.2. The highest BCUT2D eigenvalue weighted by Gasteiger charge is 2.34. The Morgan fingerprint density at radius 3 is 2.75 bits per heavy atom. The maximum atomic E-state index is 12.5. The Bertz CT molecular complexity index is 624. The molecule has 0 bridgehead atoms. The van der Waals surface area contributed by atoms with Gasteiger partial charge in [0.2, 0.25) is 10.0 Å². The molecule has 5 nitrogen and oxygen atoms in total. The predicted molar refractivity (Wildman–Crippen MR) is 76.3 cm³/mol. The van der Waals surface area contributed by atoms with E-state index in [1.807, 2.05) is 13.0 Å². The molecule has 0 aromatic heterocycles. The standard InChI is InChI=1S/C14H20N2O3S/c1-2-9-5-10-7-12(8-15)19-14(10)13(6-9)20(17,18)16-11-3-4-11/h5-6,11-12,16H,2-4,7-8,15H2,1H3. The number of nitrogens with one attached hydrogen (secondary N) is 1. The molecule has 0 spiro atoms. The summed E-state index contributed by atoms with van der Waals surface area (Å²) in [4.78, 5) is 0.273. The molecular formula is C14H20N2O3S. The Balaban J connectivity index is 2.03. The number of rotatable bonds is 5. The van der Waals surface area contributed by atoms with E-state index >= 15 is 0 Å². The highest BCUT2D eigenvalue weighted by molar-refractivity contribution is 7.89. The van der Waals surface area contributed by atoms with Crippen LogP contribution < -0.4 is 15.2 Å². The second-order valence-electron chi connectivity index (χ2n) is 5.51. The van der Waals surface area contributed by atoms with Crippen molar-refractivity contribution >= 4 is 10.0 Å². The second-order valence-corrected chi connectivity index (χ2v) is 7.19. The third-order valence-electron chi connectivity index (χ3n) is 3.78. The Morgan fingerprint density at radius 1 is 1.40 bits per heavy atom. The van der Waals surface area contributed by atoms with Gasteiger partial charge in [0.05, 0.1) is 0 Å². The monoisotopic (exact) mass is 296 g/mol. The van der Waals surface area contributed by atoms with Crippen LogP contribution in [-0.2, 0) is 22.9 Å². The highest BCUT2D eigenvalue weighted by Crippen LogP contribution is 2.37. The molecule has 6 heteroatoms. The van der Waals surface area contributed by atoms with Gasteiger partial charge in [0, 0.05) is 19.0 Å². The van der Waals surface area contributed by atoms with E-state index in [1.165, 1.54) is 0 Å². The molecule has 20 heavy (non-hydrogen) atoms. The summed E-state index contributed by atoms with van der Waals surface area (Å²) in [7, 11) is -3.50. The second kappa shape index (κ2) is 5.02. The van der Waals surface area contributed by atoms with E-state index < -0.39 is 10.0 Å². The number of hydrogen-bond acceptors (Lipinski definition) is 4. The van der Waals surface area contributed by atoms with E-state index in [0.717, 1.165) is 30.4 Å². The predicted octanol–water partition coefficient (Wildman–Crippen LogP) is 0.952. The van der Waals surface area contributed by atoms with Crippen molar-refractivity contribution in [3.05, 3.63) is 23.3 Å². The number of aryl methyl sites for hydroxylation is 1. The molecule has 3 rings (SSSR count). The summed E-state index contributed by atoms with van der Waals surface area (Å²) in [6, 6.07) is 3.84. The molecular weight excluding hydrogens is 276 g/mol. The van der Waals surface area contributed by atoms with Gasteiger partial charge in [0.15, 0.2) is 0 Å². The van der Waals surface area contributed by atoms with Gasteiger partial charge in [-0.25, -0.2) is 13.1 Å². The average Bonchev–Trinajstić information content (AvgIpc) is 3.12. The summed E-state index contributed by atoms with van der Waals surface area (Å²) in [6.45, 7) is 2.41. The first-order chi connectivity index (χ1) is 9.53. The van der Waals surface area contributed by atoms with Crippen LogP contribution in [0.25, 0.3) is 0 Å². The van der Waals surface area contributed by atoms with Crippen LogP contribution in [0.1, 0.15) is 30.9 Å². The SMILES string of the molecule is CCc1cc2c(c(S(=O)(=O)NC3CC3)c1)OC(CN)C2. The fraction of sp³-hybridized carbons (Fsp3) is 0.571. The van der Waals surface area contributed by atoms with Crippen molar-refractivity contribution in [2.75, 3.05) is 6.54 Å². The van der Waals surface area contributed by atoms with Gasteiger partial charge in [-0.2, -0.15) is 0 Å². The molecule has 110 valence electrons. The molecule has 1 unspecified atom stereocenters. The van der Waals surface area contributed by atoms with E-state index in [9.17, 15) is 8.42 Å². The quantitative estimate of drug-likeness (QED) is 0.847. The van der Waals surface area contributed by atoms with E-state index in [-0.39, 0.29) is 17.0 Å². The van der Waals surface area contributed by atoms with Crippen molar-refractivity contribution in [3.8, 4) is 5.75 Å². The average molecular weight is 296 g/mol. The van der Waals surface area contributed by atoms with E-state index in [0.29, 0.717) is 18.7 Å². The van der Waals surface area contributed by atoms with Crippen molar-refractivity contribution < 1.29 is 13.2 Å². The van der Waals surface area contributed by atoms with Crippen molar-refractivity contribution in [3.63, 3.8) is 0 Å². The molecule has 1 saturated carbocycles. The van der Waals surface area contributed by atoms with Gasteiger partial charge in [0.1, 0.15) is 16.7 Å². The molecule has 0 saturated heterocycles. The van der Waals surface area contributed by atoms with Crippen molar-refractivity contribution in [1.29, 1.82) is 0 Å². The smallest absolute Gasteiger partial charge is 0.244 e. The van der Waals surface area contributed by atoms with Crippen LogP contribution in [0.2, 0.25) is 0 Å². The Morgan fingerprint density at radius 2 is 2.15 bits per heavy atom. The summed E-state index contributed by atoms with van der Waals surface area (Å²) < 4.78 is 33.4. The van der Waals surface area contributed by atoms with E-state index in [1.54, 1.807) is 6.07 Å². The Labute approximate surface area is 119 Å². The summed E-state index contributed by atoms with van der Waals surface area (Å²) >= 11 is 0. The zero-order valence-electron chi connectivity index (χ0n) is 11.6. The van der Waals surface area contributed by atoms with Crippen molar-refractivity contribution in [2.45, 2.75) is 49.6 Å². The Kier molecular flexibility index (Phi) is 3.48. The number of ether oxygens (including phenoxy) is 1. The van der Waals surface area contributed by atoms with Gasteiger partial charge >= 0.3 is 0 Å². The third kappa shape index (κ3) is 2.55. The molecule has 1 heterocycles. The van der Waals surface area contributed by atoms with E-state index in [4.69, 9.17) is 10.5 Å². The maximum Gasteiger partial charge on any atom is 0.244 e. The molecule has 1 atom stereocenters. The molecule has 1 aromatic carbocycles. The zero-order valence-corrected chi connectivity index (χ0v) is 12.4.